The summed E-state index contributed by atoms with van der Waals surface area (Å²) in [6, 6.07) is 8.99. The van der Waals surface area contributed by atoms with E-state index in [1.54, 1.807) is 0 Å². The molecule has 1 fully saturated rings. The molecule has 2 atom stereocenters. The summed E-state index contributed by atoms with van der Waals surface area (Å²) >= 11 is 0. The maximum Gasteiger partial charge on any atom is 0.410 e. The van der Waals surface area contributed by atoms with Gasteiger partial charge in [-0.3, -0.25) is 0 Å². The van der Waals surface area contributed by atoms with Crippen LogP contribution in [-0.2, 0) is 11.3 Å². The van der Waals surface area contributed by atoms with Crippen molar-refractivity contribution in [3.8, 4) is 0 Å². The van der Waals surface area contributed by atoms with Crippen molar-refractivity contribution in [3.05, 3.63) is 35.9 Å². The zero-order valence-electron chi connectivity index (χ0n) is 10.8. The minimum atomic E-state index is -1.04. The molecule has 1 heterocycles. The number of carbonyl (C=O) groups excluding carboxylic acids is 1. The molecule has 4 nitrogen and oxygen atoms in total. The van der Waals surface area contributed by atoms with Gasteiger partial charge in [-0.15, -0.1) is 0 Å². The third-order valence-corrected chi connectivity index (χ3v) is 3.34. The number of benzene rings is 1. The normalized spacial score (nSPS) is 23.8. The summed E-state index contributed by atoms with van der Waals surface area (Å²) in [6.07, 6.45) is -0.680. The molecule has 1 aliphatic rings. The first-order valence-electron chi connectivity index (χ1n) is 6.52. The Kier molecular flexibility index (Phi) is 4.74. The minimum Gasteiger partial charge on any atom is -0.445 e. The molecule has 0 spiro atoms. The molecule has 0 aliphatic carbocycles. The number of carbonyl (C=O) groups is 1. The summed E-state index contributed by atoms with van der Waals surface area (Å²) in [7, 11) is 0. The Balaban J connectivity index is 1.83. The smallest absolute Gasteiger partial charge is 0.410 e. The first kappa shape index (κ1) is 13.8. The van der Waals surface area contributed by atoms with E-state index in [9.17, 15) is 9.18 Å². The standard InChI is InChI=1S/C14H19FN2O2/c15-12-6-8-17(9-7-13(12)16)14(18)19-10-11-4-2-1-3-5-11/h1-5,12-13H,6-10,16H2. The fourth-order valence-electron chi connectivity index (χ4n) is 2.08. The molecule has 0 bridgehead atoms. The van der Waals surface area contributed by atoms with Crippen molar-refractivity contribution in [3.63, 3.8) is 0 Å². The van der Waals surface area contributed by atoms with Crippen molar-refractivity contribution in [2.24, 2.45) is 5.73 Å². The van der Waals surface area contributed by atoms with Gasteiger partial charge in [-0.25, -0.2) is 9.18 Å². The number of nitrogens with zero attached hydrogens (tertiary/aromatic N) is 1. The molecule has 5 heteroatoms. The number of ether oxygens (including phenoxy) is 1. The zero-order valence-corrected chi connectivity index (χ0v) is 10.8. The number of halogens is 1. The van der Waals surface area contributed by atoms with Crippen molar-refractivity contribution >= 4 is 6.09 Å². The second kappa shape index (κ2) is 6.52. The molecule has 2 unspecified atom stereocenters. The molecular weight excluding hydrogens is 247 g/mol. The first-order valence-corrected chi connectivity index (χ1v) is 6.52. The highest BCUT2D eigenvalue weighted by molar-refractivity contribution is 5.67. The fraction of sp³-hybridized carbons (Fsp3) is 0.500. The molecule has 1 aromatic carbocycles. The van der Waals surface area contributed by atoms with Crippen molar-refractivity contribution < 1.29 is 13.9 Å². The quantitative estimate of drug-likeness (QED) is 0.891. The number of hydrogen-bond donors (Lipinski definition) is 1. The molecule has 1 aromatic rings. The lowest BCUT2D eigenvalue weighted by atomic mass is 10.1. The van der Waals surface area contributed by atoms with Gasteiger partial charge in [-0.1, -0.05) is 30.3 Å². The second-order valence-electron chi connectivity index (χ2n) is 4.78. The molecule has 0 radical (unpaired) electrons. The summed E-state index contributed by atoms with van der Waals surface area (Å²) in [6.45, 7) is 1.05. The van der Waals surface area contributed by atoms with E-state index in [0.717, 1.165) is 5.56 Å². The predicted molar refractivity (Wildman–Crippen MR) is 70.3 cm³/mol. The maximum atomic E-state index is 13.4. The number of amides is 1. The monoisotopic (exact) mass is 266 g/mol. The lowest BCUT2D eigenvalue weighted by Crippen LogP contribution is -2.33. The molecule has 1 saturated heterocycles. The highest BCUT2D eigenvalue weighted by Crippen LogP contribution is 2.14. The van der Waals surface area contributed by atoms with Crippen LogP contribution in [0.2, 0.25) is 0 Å². The number of rotatable bonds is 2. The molecule has 1 aliphatic heterocycles. The molecule has 2 N–H and O–H groups in total. The van der Waals surface area contributed by atoms with Gasteiger partial charge < -0.3 is 15.4 Å². The average Bonchev–Trinajstić information content (AvgIpc) is 2.60. The van der Waals surface area contributed by atoms with Crippen LogP contribution in [0.25, 0.3) is 0 Å². The van der Waals surface area contributed by atoms with Gasteiger partial charge in [0.05, 0.1) is 0 Å². The lowest BCUT2D eigenvalue weighted by Gasteiger charge is -2.19. The van der Waals surface area contributed by atoms with Gasteiger partial charge in [0.1, 0.15) is 12.8 Å². The Labute approximate surface area is 112 Å². The summed E-state index contributed by atoms with van der Waals surface area (Å²) in [5, 5.41) is 0. The van der Waals surface area contributed by atoms with Crippen molar-refractivity contribution in [2.75, 3.05) is 13.1 Å². The van der Waals surface area contributed by atoms with Crippen molar-refractivity contribution in [1.82, 2.24) is 4.90 Å². The number of likely N-dealkylation sites (tertiary alicyclic amines) is 1. The van der Waals surface area contributed by atoms with E-state index in [1.807, 2.05) is 30.3 Å². The van der Waals surface area contributed by atoms with Crippen molar-refractivity contribution in [1.29, 1.82) is 0 Å². The van der Waals surface area contributed by atoms with Gasteiger partial charge in [0.2, 0.25) is 0 Å². The summed E-state index contributed by atoms with van der Waals surface area (Å²) < 4.78 is 18.6. The van der Waals surface area contributed by atoms with Crippen LogP contribution in [0.15, 0.2) is 30.3 Å². The van der Waals surface area contributed by atoms with E-state index in [0.29, 0.717) is 19.5 Å². The van der Waals surface area contributed by atoms with E-state index >= 15 is 0 Å². The fourth-order valence-corrected chi connectivity index (χ4v) is 2.08. The van der Waals surface area contributed by atoms with Crippen LogP contribution in [0.3, 0.4) is 0 Å². The Bertz CT molecular complexity index is 401. The van der Waals surface area contributed by atoms with Gasteiger partial charge in [-0.05, 0) is 18.4 Å². The summed E-state index contributed by atoms with van der Waals surface area (Å²) in [5.41, 5.74) is 6.59. The predicted octanol–water partition coefficient (Wildman–Crippen LogP) is 2.08. The largest absolute Gasteiger partial charge is 0.445 e. The van der Waals surface area contributed by atoms with E-state index in [2.05, 4.69) is 0 Å². The van der Waals surface area contributed by atoms with Gasteiger partial charge >= 0.3 is 6.09 Å². The Morgan fingerprint density at radius 3 is 2.74 bits per heavy atom. The number of nitrogens with two attached hydrogens (primary N) is 1. The third kappa shape index (κ3) is 3.92. The molecule has 0 aromatic heterocycles. The molecule has 104 valence electrons. The molecular formula is C14H19FN2O2. The van der Waals surface area contributed by atoms with Gasteiger partial charge in [0.25, 0.3) is 0 Å². The second-order valence-corrected chi connectivity index (χ2v) is 4.78. The Morgan fingerprint density at radius 1 is 1.32 bits per heavy atom. The topological polar surface area (TPSA) is 55.6 Å². The highest BCUT2D eigenvalue weighted by Gasteiger charge is 2.26. The van der Waals surface area contributed by atoms with E-state index in [1.165, 1.54) is 4.90 Å². The lowest BCUT2D eigenvalue weighted by molar-refractivity contribution is 0.0968. The summed E-state index contributed by atoms with van der Waals surface area (Å²) in [5.74, 6) is 0. The Morgan fingerprint density at radius 2 is 2.00 bits per heavy atom. The van der Waals surface area contributed by atoms with Gasteiger partial charge in [0.15, 0.2) is 0 Å². The van der Waals surface area contributed by atoms with Gasteiger partial charge in [-0.2, -0.15) is 0 Å². The summed E-state index contributed by atoms with van der Waals surface area (Å²) in [4.78, 5) is 13.4. The highest BCUT2D eigenvalue weighted by atomic mass is 19.1. The van der Waals surface area contributed by atoms with E-state index in [4.69, 9.17) is 10.5 Å². The van der Waals surface area contributed by atoms with Crippen molar-refractivity contribution in [2.45, 2.75) is 31.7 Å². The van der Waals surface area contributed by atoms with Crippen LogP contribution in [0.4, 0.5) is 9.18 Å². The zero-order chi connectivity index (χ0) is 13.7. The van der Waals surface area contributed by atoms with Gasteiger partial charge in [0, 0.05) is 19.1 Å². The Hall–Kier alpha value is -1.62. The number of alkyl halides is 1. The van der Waals surface area contributed by atoms with Crippen LogP contribution in [0, 0.1) is 0 Å². The number of hydrogen-bond acceptors (Lipinski definition) is 3. The average molecular weight is 266 g/mol. The molecule has 1 amide bonds. The van der Waals surface area contributed by atoms with Crippen LogP contribution >= 0.6 is 0 Å². The van der Waals surface area contributed by atoms with Crippen LogP contribution in [-0.4, -0.2) is 36.3 Å². The third-order valence-electron chi connectivity index (χ3n) is 3.34. The SMILES string of the molecule is NC1CCN(C(=O)OCc2ccccc2)CCC1F. The van der Waals surface area contributed by atoms with Crippen LogP contribution < -0.4 is 5.73 Å². The molecule has 0 saturated carbocycles. The maximum absolute atomic E-state index is 13.4. The molecule has 2 rings (SSSR count). The van der Waals surface area contributed by atoms with E-state index < -0.39 is 18.3 Å². The minimum absolute atomic E-state index is 0.237. The first-order chi connectivity index (χ1) is 9.16. The molecule has 19 heavy (non-hydrogen) atoms. The van der Waals surface area contributed by atoms with Crippen LogP contribution in [0.1, 0.15) is 18.4 Å². The van der Waals surface area contributed by atoms with E-state index in [-0.39, 0.29) is 13.0 Å². The van der Waals surface area contributed by atoms with Crippen LogP contribution in [0.5, 0.6) is 0 Å².